The number of fused-ring (bicyclic) bond motifs is 1. The molecular formula is C16H16N4O3S. The van der Waals surface area contributed by atoms with Gasteiger partial charge in [-0.15, -0.1) is 11.3 Å². The van der Waals surface area contributed by atoms with Gasteiger partial charge >= 0.3 is 5.97 Å². The normalized spacial score (nSPS) is 10.8. The van der Waals surface area contributed by atoms with E-state index in [1.54, 1.807) is 25.3 Å². The van der Waals surface area contributed by atoms with Gasteiger partial charge in [-0.1, -0.05) is 0 Å². The molecule has 0 unspecified atom stereocenters. The first-order valence-electron chi connectivity index (χ1n) is 7.39. The van der Waals surface area contributed by atoms with Gasteiger partial charge in [0.15, 0.2) is 0 Å². The number of nitrogens with zero attached hydrogens (tertiary/aromatic N) is 3. The number of rotatable bonds is 5. The molecule has 0 spiro atoms. The Labute approximate surface area is 142 Å². The number of aromatic hydroxyl groups is 1. The van der Waals surface area contributed by atoms with E-state index in [0.29, 0.717) is 34.4 Å². The molecule has 0 radical (unpaired) electrons. The number of aromatic nitrogens is 3. The van der Waals surface area contributed by atoms with Crippen LogP contribution in [0.5, 0.6) is 5.75 Å². The molecule has 0 bridgehead atoms. The minimum atomic E-state index is -0.355. The van der Waals surface area contributed by atoms with Gasteiger partial charge in [0, 0.05) is 6.20 Å². The van der Waals surface area contributed by atoms with Gasteiger partial charge in [0.05, 0.1) is 18.5 Å². The Morgan fingerprint density at radius 2 is 2.21 bits per heavy atom. The third kappa shape index (κ3) is 3.00. The van der Waals surface area contributed by atoms with Gasteiger partial charge in [0.1, 0.15) is 33.3 Å². The predicted molar refractivity (Wildman–Crippen MR) is 91.3 cm³/mol. The fourth-order valence-electron chi connectivity index (χ4n) is 2.33. The molecule has 0 amide bonds. The van der Waals surface area contributed by atoms with Crippen LogP contribution in [0.2, 0.25) is 0 Å². The minimum absolute atomic E-state index is 0.115. The molecule has 3 rings (SSSR count). The molecule has 7 nitrogen and oxygen atoms in total. The first-order valence-corrected chi connectivity index (χ1v) is 8.21. The zero-order chi connectivity index (χ0) is 17.1. The molecule has 8 heteroatoms. The average Bonchev–Trinajstić information content (AvgIpc) is 2.92. The molecule has 0 fully saturated rings. The number of carbonyl (C=O) groups excluding carboxylic acids is 1. The number of aryl methyl sites for hydroxylation is 1. The Morgan fingerprint density at radius 1 is 1.38 bits per heavy atom. The van der Waals surface area contributed by atoms with Crippen LogP contribution < -0.4 is 5.32 Å². The number of esters is 1. The molecule has 3 aromatic rings. The number of thiophene rings is 1. The summed E-state index contributed by atoms with van der Waals surface area (Å²) in [4.78, 5) is 25.9. The van der Waals surface area contributed by atoms with Crippen molar-refractivity contribution in [1.29, 1.82) is 0 Å². The first kappa shape index (κ1) is 16.1. The largest absolute Gasteiger partial charge is 0.506 e. The molecule has 0 aromatic carbocycles. The summed E-state index contributed by atoms with van der Waals surface area (Å²) in [6.07, 6.45) is 3.05. The van der Waals surface area contributed by atoms with Gasteiger partial charge in [-0.25, -0.2) is 14.8 Å². The highest BCUT2D eigenvalue weighted by molar-refractivity contribution is 7.20. The molecule has 0 aliphatic rings. The highest BCUT2D eigenvalue weighted by Gasteiger charge is 2.20. The number of anilines is 1. The van der Waals surface area contributed by atoms with Crippen LogP contribution in [0.3, 0.4) is 0 Å². The van der Waals surface area contributed by atoms with Crippen molar-refractivity contribution in [3.8, 4) is 5.75 Å². The van der Waals surface area contributed by atoms with Crippen LogP contribution in [-0.4, -0.2) is 32.6 Å². The molecule has 2 N–H and O–H groups in total. The second-order valence-electron chi connectivity index (χ2n) is 5.00. The lowest BCUT2D eigenvalue weighted by atomic mass is 10.2. The van der Waals surface area contributed by atoms with Crippen molar-refractivity contribution < 1.29 is 14.6 Å². The van der Waals surface area contributed by atoms with Gasteiger partial charge < -0.3 is 15.2 Å². The molecule has 0 atom stereocenters. The Hall–Kier alpha value is -2.74. The smallest absolute Gasteiger partial charge is 0.348 e. The molecule has 0 saturated carbocycles. The molecule has 24 heavy (non-hydrogen) atoms. The number of ether oxygens (including phenoxy) is 1. The fourth-order valence-corrected chi connectivity index (χ4v) is 3.37. The summed E-state index contributed by atoms with van der Waals surface area (Å²) in [5.74, 6) is 0.352. The summed E-state index contributed by atoms with van der Waals surface area (Å²) in [6, 6.07) is 3.24. The average molecular weight is 344 g/mol. The zero-order valence-corrected chi connectivity index (χ0v) is 14.1. The fraction of sp³-hybridized carbons (Fsp3) is 0.250. The lowest BCUT2D eigenvalue weighted by Crippen LogP contribution is -2.05. The Morgan fingerprint density at radius 3 is 2.96 bits per heavy atom. The Kier molecular flexibility index (Phi) is 4.57. The van der Waals surface area contributed by atoms with Crippen molar-refractivity contribution in [2.45, 2.75) is 20.4 Å². The van der Waals surface area contributed by atoms with Crippen LogP contribution >= 0.6 is 11.3 Å². The third-order valence-electron chi connectivity index (χ3n) is 3.48. The maximum atomic E-state index is 12.0. The van der Waals surface area contributed by atoms with Crippen molar-refractivity contribution in [3.05, 3.63) is 40.8 Å². The number of pyridine rings is 1. The van der Waals surface area contributed by atoms with Crippen molar-refractivity contribution in [2.75, 3.05) is 11.9 Å². The highest BCUT2D eigenvalue weighted by Crippen LogP contribution is 2.34. The van der Waals surface area contributed by atoms with Gasteiger partial charge in [0.2, 0.25) is 0 Å². The summed E-state index contributed by atoms with van der Waals surface area (Å²) >= 11 is 1.28. The van der Waals surface area contributed by atoms with Crippen LogP contribution in [0.1, 0.15) is 27.9 Å². The first-order chi connectivity index (χ1) is 11.6. The predicted octanol–water partition coefficient (Wildman–Crippen LogP) is 2.89. The van der Waals surface area contributed by atoms with Crippen molar-refractivity contribution in [2.24, 2.45) is 0 Å². The lowest BCUT2D eigenvalue weighted by molar-refractivity contribution is 0.0531. The maximum absolute atomic E-state index is 12.0. The van der Waals surface area contributed by atoms with Gasteiger partial charge in [-0.3, -0.25) is 4.98 Å². The second-order valence-corrected chi connectivity index (χ2v) is 6.00. The van der Waals surface area contributed by atoms with Gasteiger partial charge in [-0.05, 0) is 31.5 Å². The molecule has 124 valence electrons. The number of carbonyl (C=O) groups is 1. The van der Waals surface area contributed by atoms with Crippen LogP contribution in [0.4, 0.5) is 5.82 Å². The van der Waals surface area contributed by atoms with E-state index < -0.39 is 0 Å². The van der Waals surface area contributed by atoms with E-state index in [9.17, 15) is 9.90 Å². The Balaban J connectivity index is 1.94. The zero-order valence-electron chi connectivity index (χ0n) is 13.2. The van der Waals surface area contributed by atoms with E-state index >= 15 is 0 Å². The van der Waals surface area contributed by atoms with Crippen LogP contribution in [-0.2, 0) is 11.3 Å². The van der Waals surface area contributed by atoms with E-state index in [-0.39, 0.29) is 11.7 Å². The number of hydrogen-bond acceptors (Lipinski definition) is 8. The summed E-state index contributed by atoms with van der Waals surface area (Å²) in [7, 11) is 0. The topological polar surface area (TPSA) is 97.2 Å². The highest BCUT2D eigenvalue weighted by atomic mass is 32.1. The maximum Gasteiger partial charge on any atom is 0.348 e. The van der Waals surface area contributed by atoms with Crippen LogP contribution in [0.25, 0.3) is 10.2 Å². The number of hydrogen-bond donors (Lipinski definition) is 2. The lowest BCUT2D eigenvalue weighted by Gasteiger charge is -2.08. The van der Waals surface area contributed by atoms with E-state index in [4.69, 9.17) is 4.74 Å². The van der Waals surface area contributed by atoms with Crippen molar-refractivity contribution in [1.82, 2.24) is 15.0 Å². The summed E-state index contributed by atoms with van der Waals surface area (Å²) in [5.41, 5.74) is 1.30. The van der Waals surface area contributed by atoms with Gasteiger partial charge in [0.25, 0.3) is 0 Å². The Bertz CT molecular complexity index is 894. The molecule has 0 saturated heterocycles. The van der Waals surface area contributed by atoms with E-state index in [2.05, 4.69) is 20.3 Å². The molecular weight excluding hydrogens is 328 g/mol. The quantitative estimate of drug-likeness (QED) is 0.687. The van der Waals surface area contributed by atoms with Crippen molar-refractivity contribution in [3.63, 3.8) is 0 Å². The van der Waals surface area contributed by atoms with E-state index in [1.165, 1.54) is 17.7 Å². The second kappa shape index (κ2) is 6.79. The molecule has 0 aliphatic heterocycles. The number of nitrogens with one attached hydrogen (secondary N) is 1. The SMILES string of the molecule is CCOC(=O)c1sc2ncnc(NCc3ncccc3O)c2c1C. The monoisotopic (exact) mass is 344 g/mol. The van der Waals surface area contributed by atoms with Crippen LogP contribution in [0.15, 0.2) is 24.7 Å². The van der Waals surface area contributed by atoms with Gasteiger partial charge in [-0.2, -0.15) is 0 Å². The van der Waals surface area contributed by atoms with E-state index in [1.807, 2.05) is 6.92 Å². The molecule has 3 heterocycles. The van der Waals surface area contributed by atoms with E-state index in [0.717, 1.165) is 10.9 Å². The molecule has 0 aliphatic carbocycles. The molecule has 3 aromatic heterocycles. The minimum Gasteiger partial charge on any atom is -0.506 e. The van der Waals surface area contributed by atoms with Crippen LogP contribution in [0, 0.1) is 6.92 Å². The summed E-state index contributed by atoms with van der Waals surface area (Å²) < 4.78 is 5.08. The van der Waals surface area contributed by atoms with Crippen molar-refractivity contribution >= 4 is 33.3 Å². The standard InChI is InChI=1S/C16H16N4O3S/c1-3-23-16(22)13-9(2)12-14(19-8-20-15(12)24-13)18-7-10-11(21)5-4-6-17-10/h4-6,8,21H,3,7H2,1-2H3,(H,18,19,20). The third-order valence-corrected chi connectivity index (χ3v) is 4.66. The summed E-state index contributed by atoms with van der Waals surface area (Å²) in [5, 5.41) is 13.7. The summed E-state index contributed by atoms with van der Waals surface area (Å²) in [6.45, 7) is 4.25.